The first-order valence-electron chi connectivity index (χ1n) is 12.7. The van der Waals surface area contributed by atoms with E-state index in [4.69, 9.17) is 24.3 Å². The van der Waals surface area contributed by atoms with Crippen molar-refractivity contribution in [2.45, 2.75) is 49.1 Å². The van der Waals surface area contributed by atoms with Crippen molar-refractivity contribution in [3.8, 4) is 0 Å². The van der Waals surface area contributed by atoms with Crippen molar-refractivity contribution in [3.63, 3.8) is 0 Å². The molecule has 2 aliphatic rings. The van der Waals surface area contributed by atoms with Gasteiger partial charge in [-0.05, 0) is 18.2 Å². The second-order valence-corrected chi connectivity index (χ2v) is 12.7. The van der Waals surface area contributed by atoms with Crippen LogP contribution in [0, 0.1) is 0 Å². The number of imidazole rings is 1. The summed E-state index contributed by atoms with van der Waals surface area (Å²) in [7, 11) is -11.0. The maximum Gasteiger partial charge on any atom is 0.481 e. The number of amides is 1. The molecule has 20 heteroatoms. The number of aromatic nitrogens is 3. The third-order valence-electron chi connectivity index (χ3n) is 6.83. The Kier molecular flexibility index (Phi) is 9.14. The monoisotopic (exact) mass is 646 g/mol. The molecule has 5 rings (SSSR count). The molecule has 43 heavy (non-hydrogen) atoms. The summed E-state index contributed by atoms with van der Waals surface area (Å²) in [6.45, 7) is -1.74. The van der Waals surface area contributed by atoms with Crippen molar-refractivity contribution in [1.82, 2.24) is 9.55 Å². The van der Waals surface area contributed by atoms with Crippen molar-refractivity contribution < 1.29 is 71.5 Å². The molecule has 4 heterocycles. The van der Waals surface area contributed by atoms with Gasteiger partial charge in [0, 0.05) is 6.07 Å². The van der Waals surface area contributed by atoms with E-state index in [-0.39, 0.29) is 5.56 Å². The highest BCUT2D eigenvalue weighted by Gasteiger charge is 2.50. The number of benzene rings is 1. The average Bonchev–Trinajstić information content (AvgIpc) is 3.59. The number of aliphatic hydroxyl groups is 4. The summed E-state index contributed by atoms with van der Waals surface area (Å²) in [5, 5.41) is 42.1. The first-order chi connectivity index (χ1) is 20.3. The van der Waals surface area contributed by atoms with Gasteiger partial charge in [0.25, 0.3) is 20.0 Å². The zero-order valence-corrected chi connectivity index (χ0v) is 23.7. The van der Waals surface area contributed by atoms with Gasteiger partial charge in [-0.3, -0.25) is 18.4 Å². The smallest absolute Gasteiger partial charge is 0.481 e. The van der Waals surface area contributed by atoms with Gasteiger partial charge < -0.3 is 50.0 Å². The van der Waals surface area contributed by atoms with Gasteiger partial charge in [0.15, 0.2) is 24.7 Å². The first-order valence-corrected chi connectivity index (χ1v) is 15.6. The second-order valence-electron chi connectivity index (χ2n) is 9.73. The highest BCUT2D eigenvalue weighted by molar-refractivity contribution is 7.60. The molecule has 1 amide bonds. The Hall–Kier alpha value is -2.67. The molecule has 2 aliphatic heterocycles. The summed E-state index contributed by atoms with van der Waals surface area (Å²) >= 11 is 0. The van der Waals surface area contributed by atoms with Crippen molar-refractivity contribution in [2.75, 3.05) is 13.2 Å². The van der Waals surface area contributed by atoms with Crippen LogP contribution in [0.25, 0.3) is 11.0 Å². The molecule has 7 N–H and O–H groups in total. The number of aliphatic hydroxyl groups excluding tert-OH is 4. The normalized spacial score (nSPS) is 32.0. The zero-order chi connectivity index (χ0) is 31.1. The highest BCUT2D eigenvalue weighted by atomic mass is 31.3. The minimum atomic E-state index is -5.75. The molecule has 10 atom stereocenters. The Bertz CT molecular complexity index is 1570. The lowest BCUT2D eigenvalue weighted by Crippen LogP contribution is -2.46. The summed E-state index contributed by atoms with van der Waals surface area (Å²) < 4.78 is 52.8. The number of pyridine rings is 1. The van der Waals surface area contributed by atoms with Crippen LogP contribution in [0.1, 0.15) is 22.8 Å². The number of fused-ring (bicyclic) bond motifs is 1. The quantitative estimate of drug-likeness (QED) is 0.0969. The van der Waals surface area contributed by atoms with Crippen LogP contribution >= 0.6 is 15.6 Å². The van der Waals surface area contributed by atoms with Crippen LogP contribution in [-0.2, 0) is 32.0 Å². The fraction of sp³-hybridized carbons (Fsp3) is 0.435. The zero-order valence-electron chi connectivity index (χ0n) is 22.0. The SMILES string of the molecule is NC(=O)c1ccc[n+]([C@@H]2O[C@H](COP(=O)(OC[C@H]3O[C@@H](n4cnc5ccccc54)[C@H](O)[C@@H]3O)OP(=O)([O-])O)[C@@H](O)[C@H]2O)c1. The van der Waals surface area contributed by atoms with Gasteiger partial charge in [0.05, 0.1) is 30.6 Å². The number of phosphoric ester groups is 1. The van der Waals surface area contributed by atoms with E-state index in [2.05, 4.69) is 9.29 Å². The number of para-hydroxylation sites is 2. The number of nitrogens with two attached hydrogens (primary N) is 1. The molecule has 1 aromatic carbocycles. The van der Waals surface area contributed by atoms with Gasteiger partial charge in [-0.2, -0.15) is 4.57 Å². The number of carbonyl (C=O) groups excluding carboxylic acids is 1. The van der Waals surface area contributed by atoms with E-state index >= 15 is 0 Å². The molecular weight excluding hydrogens is 618 g/mol. The number of rotatable bonds is 11. The van der Waals surface area contributed by atoms with Gasteiger partial charge in [-0.25, -0.2) is 13.9 Å². The van der Waals surface area contributed by atoms with Gasteiger partial charge >= 0.3 is 7.82 Å². The molecule has 234 valence electrons. The summed E-state index contributed by atoms with van der Waals surface area (Å²) in [4.78, 5) is 36.4. The van der Waals surface area contributed by atoms with Crippen LogP contribution in [0.3, 0.4) is 0 Å². The fourth-order valence-corrected chi connectivity index (χ4v) is 6.85. The van der Waals surface area contributed by atoms with E-state index in [1.807, 2.05) is 0 Å². The Morgan fingerprint density at radius 1 is 1.00 bits per heavy atom. The molecule has 2 aromatic heterocycles. The molecule has 3 aromatic rings. The molecular formula is C23H28N4O14P2. The number of hydrogen-bond acceptors (Lipinski definition) is 14. The number of carbonyl (C=O) groups is 1. The molecule has 0 bridgehead atoms. The van der Waals surface area contributed by atoms with Crippen LogP contribution in [-0.4, -0.2) is 90.6 Å². The lowest BCUT2D eigenvalue weighted by atomic mass is 10.1. The van der Waals surface area contributed by atoms with Crippen molar-refractivity contribution >= 4 is 32.6 Å². The molecule has 2 saturated heterocycles. The van der Waals surface area contributed by atoms with Crippen LogP contribution in [0.15, 0.2) is 55.1 Å². The maximum absolute atomic E-state index is 13.2. The van der Waals surface area contributed by atoms with E-state index in [0.717, 1.165) is 0 Å². The first kappa shape index (κ1) is 31.7. The van der Waals surface area contributed by atoms with Gasteiger partial charge in [0.2, 0.25) is 0 Å². The minimum absolute atomic E-state index is 0.0674. The van der Waals surface area contributed by atoms with E-state index in [0.29, 0.717) is 11.0 Å². The van der Waals surface area contributed by atoms with Crippen molar-refractivity contribution in [2.24, 2.45) is 5.73 Å². The van der Waals surface area contributed by atoms with Crippen molar-refractivity contribution in [3.05, 3.63) is 60.7 Å². The van der Waals surface area contributed by atoms with Crippen LogP contribution in [0.2, 0.25) is 0 Å². The summed E-state index contributed by atoms with van der Waals surface area (Å²) in [5.41, 5.74) is 6.48. The maximum atomic E-state index is 13.2. The van der Waals surface area contributed by atoms with Gasteiger partial charge in [-0.15, -0.1) is 0 Å². The number of hydrogen-bond donors (Lipinski definition) is 6. The Morgan fingerprint density at radius 2 is 1.65 bits per heavy atom. The molecule has 18 nitrogen and oxygen atoms in total. The predicted molar refractivity (Wildman–Crippen MR) is 137 cm³/mol. The largest absolute Gasteiger partial charge is 0.756 e. The number of ether oxygens (including phenoxy) is 2. The Labute approximate surface area is 242 Å². The van der Waals surface area contributed by atoms with E-state index in [9.17, 15) is 44.1 Å². The molecule has 0 aliphatic carbocycles. The topological polar surface area (TPSA) is 269 Å². The standard InChI is InChI=1S/C23H28N4O14P2/c24-21(32)12-4-3-7-26(8-12)22-19(30)17(28)15(39-22)9-37-43(36,41-42(33,34)35)38-10-16-18(29)20(31)23(40-16)27-11-25-13-5-1-2-6-14(13)27/h1-8,11,15-20,22-23,28-31H,9-10H2,(H3-,24,32,33,34,35)/t15-,16-,17-,18-,19-,20-,22-,23-,43?/m1/s1. The highest BCUT2D eigenvalue weighted by Crippen LogP contribution is 2.60. The third kappa shape index (κ3) is 6.87. The number of nitrogens with zero attached hydrogens (tertiary/aromatic N) is 3. The van der Waals surface area contributed by atoms with Gasteiger partial charge in [0.1, 0.15) is 36.1 Å². The summed E-state index contributed by atoms with van der Waals surface area (Å²) in [5.74, 6) is -0.767. The van der Waals surface area contributed by atoms with Crippen LogP contribution in [0.5, 0.6) is 0 Å². The summed E-state index contributed by atoms with van der Waals surface area (Å²) in [6.07, 6.45) is -7.61. The number of primary amides is 1. The van der Waals surface area contributed by atoms with E-state index in [1.54, 1.807) is 24.3 Å². The Morgan fingerprint density at radius 3 is 2.33 bits per heavy atom. The van der Waals surface area contributed by atoms with Crippen molar-refractivity contribution in [1.29, 1.82) is 0 Å². The average molecular weight is 646 g/mol. The molecule has 2 fully saturated rings. The van der Waals surface area contributed by atoms with Crippen LogP contribution < -0.4 is 15.2 Å². The molecule has 0 spiro atoms. The van der Waals surface area contributed by atoms with Gasteiger partial charge in [-0.1, -0.05) is 12.1 Å². The number of phosphoric acid groups is 2. The second kappa shape index (κ2) is 12.4. The predicted octanol–water partition coefficient (Wildman–Crippen LogP) is -2.02. The lowest BCUT2D eigenvalue weighted by molar-refractivity contribution is -0.765. The Balaban J connectivity index is 1.26. The third-order valence-corrected chi connectivity index (χ3v) is 9.38. The van der Waals surface area contributed by atoms with E-state index < -0.39 is 83.8 Å². The molecule has 0 saturated carbocycles. The molecule has 0 radical (unpaired) electrons. The summed E-state index contributed by atoms with van der Waals surface area (Å²) in [6, 6.07) is 9.73. The minimum Gasteiger partial charge on any atom is -0.756 e. The molecule has 2 unspecified atom stereocenters. The van der Waals surface area contributed by atoms with E-state index in [1.165, 1.54) is 40.0 Å². The fourth-order valence-electron chi connectivity index (χ4n) is 4.73. The van der Waals surface area contributed by atoms with Crippen LogP contribution in [0.4, 0.5) is 0 Å². The lowest BCUT2D eigenvalue weighted by Gasteiger charge is -2.25.